The maximum absolute atomic E-state index is 12.8. The van der Waals surface area contributed by atoms with Crippen molar-refractivity contribution >= 4 is 12.0 Å². The number of hydrogen-bond acceptors (Lipinski definition) is 2. The van der Waals surface area contributed by atoms with Gasteiger partial charge in [-0.1, -0.05) is 25.5 Å². The number of carboxylic acid groups (broad SMARTS) is 1. The molecule has 5 nitrogen and oxygen atoms in total. The third-order valence-electron chi connectivity index (χ3n) is 2.90. The normalized spacial score (nSPS) is 13.3. The van der Waals surface area contributed by atoms with Crippen molar-refractivity contribution < 1.29 is 19.1 Å². The highest BCUT2D eigenvalue weighted by Gasteiger charge is 2.19. The fourth-order valence-corrected chi connectivity index (χ4v) is 1.78. The second-order valence-corrected chi connectivity index (χ2v) is 4.57. The topological polar surface area (TPSA) is 78.4 Å². The third-order valence-corrected chi connectivity index (χ3v) is 2.90. The van der Waals surface area contributed by atoms with Crippen molar-refractivity contribution in [2.24, 2.45) is 0 Å². The molecular formula is C14H19FN2O3. The van der Waals surface area contributed by atoms with Crippen LogP contribution in [0, 0.1) is 5.82 Å². The SMILES string of the molecule is CCC[C@H](NC(=O)NC(C)c1ccc(F)cc1)C(=O)O. The Morgan fingerprint density at radius 2 is 1.85 bits per heavy atom. The quantitative estimate of drug-likeness (QED) is 0.750. The first kappa shape index (κ1) is 15.9. The molecule has 0 fully saturated rings. The highest BCUT2D eigenvalue weighted by Crippen LogP contribution is 2.12. The van der Waals surface area contributed by atoms with Gasteiger partial charge in [0.25, 0.3) is 0 Å². The molecule has 0 aromatic heterocycles. The number of urea groups is 1. The number of halogens is 1. The van der Waals surface area contributed by atoms with Gasteiger partial charge in [0.2, 0.25) is 0 Å². The van der Waals surface area contributed by atoms with Gasteiger partial charge >= 0.3 is 12.0 Å². The van der Waals surface area contributed by atoms with E-state index < -0.39 is 18.0 Å². The van der Waals surface area contributed by atoms with Crippen LogP contribution >= 0.6 is 0 Å². The van der Waals surface area contributed by atoms with Crippen LogP contribution in [0.25, 0.3) is 0 Å². The van der Waals surface area contributed by atoms with E-state index in [0.717, 1.165) is 5.56 Å². The lowest BCUT2D eigenvalue weighted by Gasteiger charge is -2.18. The Hall–Kier alpha value is -2.11. The molecule has 0 spiro atoms. The van der Waals surface area contributed by atoms with E-state index in [9.17, 15) is 14.0 Å². The monoisotopic (exact) mass is 282 g/mol. The van der Waals surface area contributed by atoms with Crippen molar-refractivity contribution in [3.05, 3.63) is 35.6 Å². The first-order chi connectivity index (χ1) is 9.43. The van der Waals surface area contributed by atoms with Gasteiger partial charge in [0.15, 0.2) is 0 Å². The number of amides is 2. The molecule has 2 atom stereocenters. The molecule has 1 aromatic carbocycles. The van der Waals surface area contributed by atoms with Crippen LogP contribution in [0.4, 0.5) is 9.18 Å². The van der Waals surface area contributed by atoms with Gasteiger partial charge in [0, 0.05) is 0 Å². The zero-order valence-corrected chi connectivity index (χ0v) is 11.5. The van der Waals surface area contributed by atoms with Crippen molar-refractivity contribution in [2.75, 3.05) is 0 Å². The summed E-state index contributed by atoms with van der Waals surface area (Å²) >= 11 is 0. The Labute approximate surface area is 117 Å². The zero-order valence-electron chi connectivity index (χ0n) is 11.5. The lowest BCUT2D eigenvalue weighted by Crippen LogP contribution is -2.46. The third kappa shape index (κ3) is 4.87. The van der Waals surface area contributed by atoms with Gasteiger partial charge < -0.3 is 15.7 Å². The van der Waals surface area contributed by atoms with Crippen molar-refractivity contribution in [1.29, 1.82) is 0 Å². The summed E-state index contributed by atoms with van der Waals surface area (Å²) in [6.07, 6.45) is 1.03. The summed E-state index contributed by atoms with van der Waals surface area (Å²) in [5, 5.41) is 14.0. The van der Waals surface area contributed by atoms with Gasteiger partial charge in [-0.25, -0.2) is 14.0 Å². The number of rotatable bonds is 6. The molecule has 0 saturated heterocycles. The van der Waals surface area contributed by atoms with Crippen LogP contribution < -0.4 is 10.6 Å². The Balaban J connectivity index is 2.56. The smallest absolute Gasteiger partial charge is 0.326 e. The lowest BCUT2D eigenvalue weighted by molar-refractivity contribution is -0.139. The van der Waals surface area contributed by atoms with Gasteiger partial charge in [0.05, 0.1) is 6.04 Å². The van der Waals surface area contributed by atoms with Crippen LogP contribution in [0.15, 0.2) is 24.3 Å². The molecule has 2 amide bonds. The molecule has 3 N–H and O–H groups in total. The average Bonchev–Trinajstić information content (AvgIpc) is 2.38. The molecule has 0 bridgehead atoms. The van der Waals surface area contributed by atoms with E-state index in [1.165, 1.54) is 12.1 Å². The zero-order chi connectivity index (χ0) is 15.1. The number of nitrogens with one attached hydrogen (secondary N) is 2. The van der Waals surface area contributed by atoms with Crippen molar-refractivity contribution in [1.82, 2.24) is 10.6 Å². The number of hydrogen-bond donors (Lipinski definition) is 3. The van der Waals surface area contributed by atoms with Crippen LogP contribution in [-0.4, -0.2) is 23.1 Å². The van der Waals surface area contributed by atoms with Gasteiger partial charge in [0.1, 0.15) is 11.9 Å². The molecule has 110 valence electrons. The van der Waals surface area contributed by atoms with E-state index in [4.69, 9.17) is 5.11 Å². The summed E-state index contributed by atoms with van der Waals surface area (Å²) in [5.41, 5.74) is 0.740. The summed E-state index contributed by atoms with van der Waals surface area (Å²) in [5.74, 6) is -1.41. The summed E-state index contributed by atoms with van der Waals surface area (Å²) < 4.78 is 12.8. The first-order valence-corrected chi connectivity index (χ1v) is 6.49. The van der Waals surface area contributed by atoms with Gasteiger partial charge in [-0.2, -0.15) is 0 Å². The van der Waals surface area contributed by atoms with Gasteiger partial charge in [-0.3, -0.25) is 0 Å². The minimum atomic E-state index is -1.06. The molecule has 0 radical (unpaired) electrons. The Morgan fingerprint density at radius 3 is 2.35 bits per heavy atom. The Morgan fingerprint density at radius 1 is 1.25 bits per heavy atom. The van der Waals surface area contributed by atoms with Crippen LogP contribution in [0.2, 0.25) is 0 Å². The first-order valence-electron chi connectivity index (χ1n) is 6.49. The fraction of sp³-hybridized carbons (Fsp3) is 0.429. The molecule has 1 rings (SSSR count). The summed E-state index contributed by atoms with van der Waals surface area (Å²) in [6.45, 7) is 3.58. The van der Waals surface area contributed by atoms with Gasteiger partial charge in [-0.05, 0) is 31.0 Å². The Bertz CT molecular complexity index is 462. The Kier molecular flexibility index (Phi) is 5.96. The van der Waals surface area contributed by atoms with E-state index in [0.29, 0.717) is 12.8 Å². The van der Waals surface area contributed by atoms with Crippen LogP contribution in [0.1, 0.15) is 38.3 Å². The minimum absolute atomic E-state index is 0.341. The summed E-state index contributed by atoms with van der Waals surface area (Å²) in [4.78, 5) is 22.7. The van der Waals surface area contributed by atoms with Crippen LogP contribution in [0.3, 0.4) is 0 Å². The number of carboxylic acids is 1. The van der Waals surface area contributed by atoms with E-state index in [1.807, 2.05) is 6.92 Å². The van der Waals surface area contributed by atoms with Crippen LogP contribution in [0.5, 0.6) is 0 Å². The van der Waals surface area contributed by atoms with E-state index >= 15 is 0 Å². The van der Waals surface area contributed by atoms with E-state index in [1.54, 1.807) is 19.1 Å². The molecule has 20 heavy (non-hydrogen) atoms. The molecule has 0 saturated carbocycles. The standard InChI is InChI=1S/C14H19FN2O3/c1-3-4-12(13(18)19)17-14(20)16-9(2)10-5-7-11(15)8-6-10/h5-9,12H,3-4H2,1-2H3,(H,18,19)(H2,16,17,20)/t9?,12-/m0/s1. The highest BCUT2D eigenvalue weighted by molar-refractivity contribution is 5.82. The molecule has 1 aromatic rings. The number of carbonyl (C=O) groups excluding carboxylic acids is 1. The lowest BCUT2D eigenvalue weighted by atomic mass is 10.1. The van der Waals surface area contributed by atoms with Gasteiger partial charge in [-0.15, -0.1) is 0 Å². The predicted octanol–water partition coefficient (Wildman–Crippen LogP) is 2.44. The molecule has 6 heteroatoms. The molecule has 0 aliphatic carbocycles. The highest BCUT2D eigenvalue weighted by atomic mass is 19.1. The van der Waals surface area contributed by atoms with E-state index in [-0.39, 0.29) is 11.9 Å². The second-order valence-electron chi connectivity index (χ2n) is 4.57. The average molecular weight is 282 g/mol. The van der Waals surface area contributed by atoms with Crippen molar-refractivity contribution in [3.63, 3.8) is 0 Å². The molecule has 0 heterocycles. The van der Waals surface area contributed by atoms with Crippen molar-refractivity contribution in [2.45, 2.75) is 38.8 Å². The summed E-state index contributed by atoms with van der Waals surface area (Å²) in [7, 11) is 0. The molecule has 1 unspecified atom stereocenters. The largest absolute Gasteiger partial charge is 0.480 e. The number of carbonyl (C=O) groups is 2. The summed E-state index contributed by atoms with van der Waals surface area (Å²) in [6, 6.07) is 3.96. The maximum atomic E-state index is 12.8. The molecule has 0 aliphatic rings. The number of aliphatic carboxylic acids is 1. The number of benzene rings is 1. The fourth-order valence-electron chi connectivity index (χ4n) is 1.78. The maximum Gasteiger partial charge on any atom is 0.326 e. The van der Waals surface area contributed by atoms with E-state index in [2.05, 4.69) is 10.6 Å². The van der Waals surface area contributed by atoms with Crippen molar-refractivity contribution in [3.8, 4) is 0 Å². The predicted molar refractivity (Wildman–Crippen MR) is 72.8 cm³/mol. The second kappa shape index (κ2) is 7.47. The van der Waals surface area contributed by atoms with Crippen LogP contribution in [-0.2, 0) is 4.79 Å². The molecule has 0 aliphatic heterocycles. The minimum Gasteiger partial charge on any atom is -0.480 e. The molecular weight excluding hydrogens is 263 g/mol.